The average Bonchev–Trinajstić information content (AvgIpc) is 2.77. The first-order valence-corrected chi connectivity index (χ1v) is 12.2. The van der Waals surface area contributed by atoms with E-state index in [1.165, 1.54) is 11.8 Å². The molecule has 1 unspecified atom stereocenters. The number of ketones is 1. The lowest BCUT2D eigenvalue weighted by Gasteiger charge is -2.38. The molecule has 1 aliphatic heterocycles. The first-order valence-electron chi connectivity index (χ1n) is 11.2. The second kappa shape index (κ2) is 8.34. The zero-order valence-electron chi connectivity index (χ0n) is 19.1. The molecule has 0 saturated heterocycles. The Morgan fingerprint density at radius 1 is 1.03 bits per heavy atom. The number of thioether (sulfide) groups is 1. The standard InChI is InChI=1S/C27H27N3O2S/c1-16-9-11-18(12-10-16)21-22-19(13-27(2,3)14-20(22)31)28-24-23(21)25(32)30-26(29-24)33-15-17-7-5-4-6-8-17/h4-12,21H,13-15H2,1-3H3,(H2,28,29,30,32). The minimum atomic E-state index is -0.412. The molecule has 1 aliphatic carbocycles. The molecule has 0 fully saturated rings. The molecule has 5 rings (SSSR count). The van der Waals surface area contributed by atoms with E-state index in [4.69, 9.17) is 4.98 Å². The fraction of sp³-hybridized carbons (Fsp3) is 0.296. The van der Waals surface area contributed by atoms with Crippen LogP contribution < -0.4 is 10.9 Å². The van der Waals surface area contributed by atoms with Crippen molar-refractivity contribution >= 4 is 23.4 Å². The zero-order chi connectivity index (χ0) is 23.2. The molecule has 0 saturated carbocycles. The van der Waals surface area contributed by atoms with Crippen LogP contribution in [0.5, 0.6) is 0 Å². The molecule has 33 heavy (non-hydrogen) atoms. The van der Waals surface area contributed by atoms with Gasteiger partial charge in [-0.2, -0.15) is 0 Å². The summed E-state index contributed by atoms with van der Waals surface area (Å²) in [6.07, 6.45) is 1.22. The zero-order valence-corrected chi connectivity index (χ0v) is 19.9. The number of nitrogens with one attached hydrogen (secondary N) is 2. The number of anilines is 1. The third kappa shape index (κ3) is 4.27. The van der Waals surface area contributed by atoms with Crippen molar-refractivity contribution in [3.63, 3.8) is 0 Å². The maximum Gasteiger partial charge on any atom is 0.257 e. The largest absolute Gasteiger partial charge is 0.343 e. The topological polar surface area (TPSA) is 74.8 Å². The van der Waals surface area contributed by atoms with E-state index in [2.05, 4.69) is 36.3 Å². The quantitative estimate of drug-likeness (QED) is 0.396. The molecule has 0 radical (unpaired) electrons. The molecule has 2 N–H and O–H groups in total. The lowest BCUT2D eigenvalue weighted by atomic mass is 9.69. The third-order valence-corrected chi connectivity index (χ3v) is 7.27. The molecule has 2 aromatic carbocycles. The van der Waals surface area contributed by atoms with Gasteiger partial charge in [-0.1, -0.05) is 85.8 Å². The van der Waals surface area contributed by atoms with Gasteiger partial charge in [0.1, 0.15) is 5.82 Å². The highest BCUT2D eigenvalue weighted by Gasteiger charge is 2.42. The summed E-state index contributed by atoms with van der Waals surface area (Å²) in [6, 6.07) is 18.2. The van der Waals surface area contributed by atoms with Gasteiger partial charge in [0.05, 0.1) is 5.56 Å². The minimum Gasteiger partial charge on any atom is -0.343 e. The lowest BCUT2D eigenvalue weighted by molar-refractivity contribution is -0.118. The number of aryl methyl sites for hydroxylation is 1. The van der Waals surface area contributed by atoms with Crippen LogP contribution >= 0.6 is 11.8 Å². The number of H-pyrrole nitrogens is 1. The molecule has 168 valence electrons. The summed E-state index contributed by atoms with van der Waals surface area (Å²) in [7, 11) is 0. The Bertz CT molecular complexity index is 1310. The van der Waals surface area contributed by atoms with Gasteiger partial charge in [-0.15, -0.1) is 0 Å². The van der Waals surface area contributed by atoms with E-state index in [9.17, 15) is 9.59 Å². The Labute approximate surface area is 197 Å². The smallest absolute Gasteiger partial charge is 0.257 e. The molecule has 1 atom stereocenters. The molecule has 3 aromatic rings. The van der Waals surface area contributed by atoms with Crippen LogP contribution in [0.1, 0.15) is 54.9 Å². The highest BCUT2D eigenvalue weighted by molar-refractivity contribution is 7.98. The van der Waals surface area contributed by atoms with Crippen LogP contribution in [0.15, 0.2) is 75.8 Å². The monoisotopic (exact) mass is 457 g/mol. The normalized spacial score (nSPS) is 19.0. The van der Waals surface area contributed by atoms with Gasteiger partial charge in [0.25, 0.3) is 5.56 Å². The predicted octanol–water partition coefficient (Wildman–Crippen LogP) is 5.57. The Morgan fingerprint density at radius 3 is 2.48 bits per heavy atom. The van der Waals surface area contributed by atoms with Gasteiger partial charge in [-0.3, -0.25) is 9.59 Å². The van der Waals surface area contributed by atoms with Crippen molar-refractivity contribution in [3.05, 3.63) is 98.5 Å². The Balaban J connectivity index is 1.59. The highest BCUT2D eigenvalue weighted by Crippen LogP contribution is 2.47. The van der Waals surface area contributed by atoms with E-state index >= 15 is 0 Å². The third-order valence-electron chi connectivity index (χ3n) is 6.33. The fourth-order valence-electron chi connectivity index (χ4n) is 4.78. The van der Waals surface area contributed by atoms with E-state index in [1.54, 1.807) is 0 Å². The highest BCUT2D eigenvalue weighted by atomic mass is 32.2. The second-order valence-corrected chi connectivity index (χ2v) is 10.7. The second-order valence-electron chi connectivity index (χ2n) is 9.71. The van der Waals surface area contributed by atoms with Crippen molar-refractivity contribution < 1.29 is 4.79 Å². The van der Waals surface area contributed by atoms with Crippen LogP contribution in [0.2, 0.25) is 0 Å². The Hall–Kier alpha value is -3.12. The number of aromatic amines is 1. The first-order chi connectivity index (χ1) is 15.8. The van der Waals surface area contributed by atoms with Crippen LogP contribution in [0.4, 0.5) is 5.82 Å². The summed E-state index contributed by atoms with van der Waals surface area (Å²) >= 11 is 1.50. The number of nitrogens with zero attached hydrogens (tertiary/aromatic N) is 1. The van der Waals surface area contributed by atoms with Crippen molar-refractivity contribution in [2.24, 2.45) is 5.41 Å². The van der Waals surface area contributed by atoms with E-state index in [0.29, 0.717) is 34.3 Å². The number of carbonyl (C=O) groups excluding carboxylic acids is 1. The number of benzene rings is 2. The predicted molar refractivity (Wildman–Crippen MR) is 133 cm³/mol. The van der Waals surface area contributed by atoms with Crippen molar-refractivity contribution in [1.82, 2.24) is 9.97 Å². The molecule has 5 nitrogen and oxygen atoms in total. The molecular formula is C27H27N3O2S. The van der Waals surface area contributed by atoms with Crippen LogP contribution in [0.3, 0.4) is 0 Å². The number of Topliss-reactive ketones (excluding diaryl/α,β-unsaturated/α-hetero) is 1. The SMILES string of the molecule is Cc1ccc(C2C3=C(CC(C)(C)CC3=O)Nc3nc(SCc4ccccc4)[nH]c(=O)c32)cc1. The molecule has 0 spiro atoms. The maximum atomic E-state index is 13.4. The summed E-state index contributed by atoms with van der Waals surface area (Å²) in [5.41, 5.74) is 5.04. The van der Waals surface area contributed by atoms with Gasteiger partial charge in [0.15, 0.2) is 10.9 Å². The van der Waals surface area contributed by atoms with Gasteiger partial charge in [0.2, 0.25) is 0 Å². The number of carbonyl (C=O) groups is 1. The lowest BCUT2D eigenvalue weighted by Crippen LogP contribution is -2.37. The molecule has 0 bridgehead atoms. The summed E-state index contributed by atoms with van der Waals surface area (Å²) in [5.74, 6) is 0.963. The first kappa shape index (κ1) is 21.7. The molecule has 0 amide bonds. The van der Waals surface area contributed by atoms with Gasteiger partial charge in [-0.25, -0.2) is 4.98 Å². The summed E-state index contributed by atoms with van der Waals surface area (Å²) in [6.45, 7) is 6.25. The van der Waals surface area contributed by atoms with Gasteiger partial charge >= 0.3 is 0 Å². The summed E-state index contributed by atoms with van der Waals surface area (Å²) in [4.78, 5) is 34.4. The van der Waals surface area contributed by atoms with Crippen LogP contribution in [0.25, 0.3) is 0 Å². The minimum absolute atomic E-state index is 0.104. The fourth-order valence-corrected chi connectivity index (χ4v) is 5.60. The van der Waals surface area contributed by atoms with Crippen LogP contribution in [0, 0.1) is 12.3 Å². The van der Waals surface area contributed by atoms with E-state index < -0.39 is 5.92 Å². The number of hydrogen-bond acceptors (Lipinski definition) is 5. The van der Waals surface area contributed by atoms with E-state index in [-0.39, 0.29) is 16.8 Å². The van der Waals surface area contributed by atoms with Crippen molar-refractivity contribution in [2.75, 3.05) is 5.32 Å². The van der Waals surface area contributed by atoms with Gasteiger partial charge in [-0.05, 0) is 29.9 Å². The average molecular weight is 458 g/mol. The Kier molecular flexibility index (Phi) is 5.49. The Morgan fingerprint density at radius 2 is 1.76 bits per heavy atom. The van der Waals surface area contributed by atoms with Crippen molar-refractivity contribution in [1.29, 1.82) is 0 Å². The molecular weight excluding hydrogens is 430 g/mol. The summed E-state index contributed by atoms with van der Waals surface area (Å²) in [5, 5.41) is 3.96. The molecule has 1 aromatic heterocycles. The number of allylic oxidation sites excluding steroid dienone is 2. The van der Waals surface area contributed by atoms with Crippen LogP contribution in [-0.2, 0) is 10.5 Å². The number of fused-ring (bicyclic) bond motifs is 1. The van der Waals surface area contributed by atoms with E-state index in [0.717, 1.165) is 28.8 Å². The number of aromatic nitrogens is 2. The number of hydrogen-bond donors (Lipinski definition) is 2. The van der Waals surface area contributed by atoms with Crippen molar-refractivity contribution in [2.45, 2.75) is 50.4 Å². The molecule has 2 heterocycles. The van der Waals surface area contributed by atoms with E-state index in [1.807, 2.05) is 49.4 Å². The maximum absolute atomic E-state index is 13.4. The molecule has 6 heteroatoms. The van der Waals surface area contributed by atoms with Crippen LogP contribution in [-0.4, -0.2) is 15.8 Å². The van der Waals surface area contributed by atoms with Gasteiger partial charge < -0.3 is 10.3 Å². The molecule has 2 aliphatic rings. The summed E-state index contributed by atoms with van der Waals surface area (Å²) < 4.78 is 0. The van der Waals surface area contributed by atoms with Gasteiger partial charge in [0, 0.05) is 29.4 Å². The number of rotatable bonds is 4. The van der Waals surface area contributed by atoms with Crippen molar-refractivity contribution in [3.8, 4) is 0 Å².